The van der Waals surface area contributed by atoms with E-state index in [0.29, 0.717) is 6.54 Å². The van der Waals surface area contributed by atoms with E-state index in [1.807, 2.05) is 0 Å². The fourth-order valence-electron chi connectivity index (χ4n) is 1.94. The standard InChI is InChI=1S/C12H22F2N2O2/c1-8(15)12(13,14)9-5-6-16(7-9)10(17)18-11(2,3)4/h8-9H,5-7,15H2,1-4H3. The highest BCUT2D eigenvalue weighted by Gasteiger charge is 2.47. The van der Waals surface area contributed by atoms with Crippen LogP contribution in [0.25, 0.3) is 0 Å². The molecule has 1 saturated heterocycles. The van der Waals surface area contributed by atoms with Gasteiger partial charge in [-0.2, -0.15) is 0 Å². The van der Waals surface area contributed by atoms with Crippen LogP contribution >= 0.6 is 0 Å². The van der Waals surface area contributed by atoms with E-state index in [-0.39, 0.29) is 13.0 Å². The molecule has 106 valence electrons. The smallest absolute Gasteiger partial charge is 0.410 e. The first-order valence-electron chi connectivity index (χ1n) is 6.15. The van der Waals surface area contributed by atoms with Gasteiger partial charge in [-0.05, 0) is 34.1 Å². The van der Waals surface area contributed by atoms with Crippen molar-refractivity contribution in [3.8, 4) is 0 Å². The van der Waals surface area contributed by atoms with Crippen molar-refractivity contribution in [3.63, 3.8) is 0 Å². The van der Waals surface area contributed by atoms with Crippen LogP contribution in [0.15, 0.2) is 0 Å². The molecule has 2 unspecified atom stereocenters. The van der Waals surface area contributed by atoms with Crippen LogP contribution in [-0.2, 0) is 4.74 Å². The van der Waals surface area contributed by atoms with Gasteiger partial charge in [0.05, 0.1) is 6.04 Å². The first-order valence-corrected chi connectivity index (χ1v) is 6.15. The Morgan fingerprint density at radius 2 is 2.00 bits per heavy atom. The SMILES string of the molecule is CC(N)C(F)(F)C1CCN(C(=O)OC(C)(C)C)C1. The number of hydrogen-bond acceptors (Lipinski definition) is 3. The van der Waals surface area contributed by atoms with E-state index in [9.17, 15) is 13.6 Å². The molecule has 0 aliphatic carbocycles. The zero-order chi connectivity index (χ0) is 14.1. The second-order valence-corrected chi connectivity index (χ2v) is 5.88. The number of ether oxygens (including phenoxy) is 1. The summed E-state index contributed by atoms with van der Waals surface area (Å²) in [4.78, 5) is 13.1. The molecule has 0 aromatic rings. The number of rotatable bonds is 2. The van der Waals surface area contributed by atoms with Gasteiger partial charge < -0.3 is 15.4 Å². The highest BCUT2D eigenvalue weighted by molar-refractivity contribution is 5.68. The molecule has 1 aliphatic heterocycles. The third-order valence-electron chi connectivity index (χ3n) is 2.99. The number of nitrogens with zero attached hydrogens (tertiary/aromatic N) is 1. The van der Waals surface area contributed by atoms with Gasteiger partial charge in [-0.3, -0.25) is 0 Å². The molecule has 4 nitrogen and oxygen atoms in total. The Kier molecular flexibility index (Phi) is 4.20. The summed E-state index contributed by atoms with van der Waals surface area (Å²) in [5.74, 6) is -3.83. The predicted octanol–water partition coefficient (Wildman–Crippen LogP) is 2.23. The second kappa shape index (κ2) is 4.99. The number of nitrogens with two attached hydrogens (primary N) is 1. The normalized spacial score (nSPS) is 23.1. The number of carbonyl (C=O) groups excluding carboxylic acids is 1. The first kappa shape index (κ1) is 15.1. The Morgan fingerprint density at radius 1 is 1.44 bits per heavy atom. The van der Waals surface area contributed by atoms with Crippen LogP contribution in [0.4, 0.5) is 13.6 Å². The summed E-state index contributed by atoms with van der Waals surface area (Å²) < 4.78 is 32.6. The Morgan fingerprint density at radius 3 is 2.44 bits per heavy atom. The predicted molar refractivity (Wildman–Crippen MR) is 64.5 cm³/mol. The van der Waals surface area contributed by atoms with Gasteiger partial charge in [0.2, 0.25) is 0 Å². The third kappa shape index (κ3) is 3.54. The molecule has 18 heavy (non-hydrogen) atoms. The molecule has 0 aromatic carbocycles. The molecule has 1 heterocycles. The second-order valence-electron chi connectivity index (χ2n) is 5.88. The molecule has 0 radical (unpaired) electrons. The lowest BCUT2D eigenvalue weighted by atomic mass is 9.95. The van der Waals surface area contributed by atoms with Crippen LogP contribution in [0.3, 0.4) is 0 Å². The number of likely N-dealkylation sites (tertiary alicyclic amines) is 1. The zero-order valence-corrected chi connectivity index (χ0v) is 11.4. The third-order valence-corrected chi connectivity index (χ3v) is 2.99. The van der Waals surface area contributed by atoms with Gasteiger partial charge >= 0.3 is 6.09 Å². The van der Waals surface area contributed by atoms with Crippen LogP contribution in [0.5, 0.6) is 0 Å². The largest absolute Gasteiger partial charge is 0.444 e. The van der Waals surface area contributed by atoms with Crippen LogP contribution in [0.2, 0.25) is 0 Å². The molecular weight excluding hydrogens is 242 g/mol. The summed E-state index contributed by atoms with van der Waals surface area (Å²) in [5, 5.41) is 0. The Hall–Kier alpha value is -0.910. The molecule has 2 N–H and O–H groups in total. The summed E-state index contributed by atoms with van der Waals surface area (Å²) in [6.45, 7) is 6.82. The van der Waals surface area contributed by atoms with Crippen molar-refractivity contribution in [1.82, 2.24) is 4.90 Å². The minimum absolute atomic E-state index is 0.00343. The Bertz CT molecular complexity index is 314. The molecule has 0 aromatic heterocycles. The van der Waals surface area contributed by atoms with Crippen molar-refractivity contribution in [2.45, 2.75) is 51.7 Å². The number of hydrogen-bond donors (Lipinski definition) is 1. The zero-order valence-electron chi connectivity index (χ0n) is 11.4. The average Bonchev–Trinajstić information content (AvgIpc) is 2.63. The van der Waals surface area contributed by atoms with Gasteiger partial charge in [-0.25, -0.2) is 13.6 Å². The van der Waals surface area contributed by atoms with Gasteiger partial charge in [0, 0.05) is 19.0 Å². The van der Waals surface area contributed by atoms with Crippen molar-refractivity contribution in [3.05, 3.63) is 0 Å². The van der Waals surface area contributed by atoms with E-state index in [1.54, 1.807) is 20.8 Å². The lowest BCUT2D eigenvalue weighted by molar-refractivity contribution is -0.0714. The first-order chi connectivity index (χ1) is 8.04. The fourth-order valence-corrected chi connectivity index (χ4v) is 1.94. The Labute approximate surface area is 106 Å². The van der Waals surface area contributed by atoms with Crippen molar-refractivity contribution < 1.29 is 18.3 Å². The van der Waals surface area contributed by atoms with E-state index in [1.165, 1.54) is 11.8 Å². The van der Waals surface area contributed by atoms with Crippen LogP contribution in [0.1, 0.15) is 34.1 Å². The molecule has 1 aliphatic rings. The summed E-state index contributed by atoms with van der Waals surface area (Å²) in [6, 6.07) is -1.21. The van der Waals surface area contributed by atoms with Gasteiger partial charge in [0.15, 0.2) is 0 Å². The number of amides is 1. The highest BCUT2D eigenvalue weighted by Crippen LogP contribution is 2.34. The van der Waals surface area contributed by atoms with Gasteiger partial charge in [0.1, 0.15) is 5.60 Å². The van der Waals surface area contributed by atoms with Crippen molar-refractivity contribution in [2.75, 3.05) is 13.1 Å². The molecule has 6 heteroatoms. The molecule has 1 rings (SSSR count). The minimum atomic E-state index is -2.95. The molecule has 0 spiro atoms. The topological polar surface area (TPSA) is 55.6 Å². The Balaban J connectivity index is 2.59. The van der Waals surface area contributed by atoms with Gasteiger partial charge in [0.25, 0.3) is 5.92 Å². The molecule has 0 bridgehead atoms. The van der Waals surface area contributed by atoms with Gasteiger partial charge in [-0.15, -0.1) is 0 Å². The van der Waals surface area contributed by atoms with E-state index >= 15 is 0 Å². The van der Waals surface area contributed by atoms with E-state index < -0.39 is 29.6 Å². The molecule has 2 atom stereocenters. The van der Waals surface area contributed by atoms with Crippen molar-refractivity contribution in [2.24, 2.45) is 11.7 Å². The van der Waals surface area contributed by atoms with Crippen LogP contribution in [-0.4, -0.2) is 41.6 Å². The lowest BCUT2D eigenvalue weighted by Crippen LogP contribution is -2.46. The molecule has 0 saturated carbocycles. The van der Waals surface area contributed by atoms with Crippen LogP contribution in [0, 0.1) is 5.92 Å². The molecule has 1 fully saturated rings. The highest BCUT2D eigenvalue weighted by atomic mass is 19.3. The monoisotopic (exact) mass is 264 g/mol. The quantitative estimate of drug-likeness (QED) is 0.832. The number of alkyl halides is 2. The van der Waals surface area contributed by atoms with Crippen molar-refractivity contribution >= 4 is 6.09 Å². The van der Waals surface area contributed by atoms with E-state index in [0.717, 1.165) is 0 Å². The van der Waals surface area contributed by atoms with Crippen molar-refractivity contribution in [1.29, 1.82) is 0 Å². The summed E-state index contributed by atoms with van der Waals surface area (Å²) in [6.07, 6.45) is -0.279. The maximum Gasteiger partial charge on any atom is 0.410 e. The number of carbonyl (C=O) groups is 1. The lowest BCUT2D eigenvalue weighted by Gasteiger charge is -2.27. The minimum Gasteiger partial charge on any atom is -0.444 e. The van der Waals surface area contributed by atoms with Crippen LogP contribution < -0.4 is 5.73 Å². The van der Waals surface area contributed by atoms with E-state index in [4.69, 9.17) is 10.5 Å². The maximum absolute atomic E-state index is 13.7. The average molecular weight is 264 g/mol. The van der Waals surface area contributed by atoms with Gasteiger partial charge in [-0.1, -0.05) is 0 Å². The summed E-state index contributed by atoms with van der Waals surface area (Å²) in [7, 11) is 0. The van der Waals surface area contributed by atoms with E-state index in [2.05, 4.69) is 0 Å². The molecular formula is C12H22F2N2O2. The summed E-state index contributed by atoms with van der Waals surface area (Å²) >= 11 is 0. The number of halogens is 2. The summed E-state index contributed by atoms with van der Waals surface area (Å²) in [5.41, 5.74) is 4.68. The maximum atomic E-state index is 13.7. The molecule has 1 amide bonds. The fraction of sp³-hybridized carbons (Fsp3) is 0.917.